The van der Waals surface area contributed by atoms with Crippen molar-refractivity contribution in [3.05, 3.63) is 122 Å². The monoisotopic (exact) mass is 550 g/mol. The van der Waals surface area contributed by atoms with E-state index in [0.29, 0.717) is 21.2 Å². The Labute approximate surface area is 234 Å². The Kier molecular flexibility index (Phi) is 5.41. The topological polar surface area (TPSA) is 66.5 Å². The number of nitrogens with zero attached hydrogens (tertiary/aromatic N) is 1. The lowest BCUT2D eigenvalue weighted by Crippen LogP contribution is -2.51. The van der Waals surface area contributed by atoms with E-state index in [-0.39, 0.29) is 17.5 Å². The zero-order chi connectivity index (χ0) is 26.9. The summed E-state index contributed by atoms with van der Waals surface area (Å²) in [7, 11) is 0. The van der Waals surface area contributed by atoms with Gasteiger partial charge >= 0.3 is 0 Å². The Balaban J connectivity index is 1.54. The molecule has 7 rings (SSSR count). The second kappa shape index (κ2) is 8.76. The highest BCUT2D eigenvalue weighted by Crippen LogP contribution is 2.58. The van der Waals surface area contributed by atoms with Crippen LogP contribution in [0.25, 0.3) is 6.08 Å². The van der Waals surface area contributed by atoms with Gasteiger partial charge in [-0.3, -0.25) is 14.4 Å². The van der Waals surface area contributed by atoms with Crippen LogP contribution in [0.2, 0.25) is 5.02 Å². The highest BCUT2D eigenvalue weighted by atomic mass is 35.5. The summed E-state index contributed by atoms with van der Waals surface area (Å²) in [6, 6.07) is 22.5. The lowest BCUT2D eigenvalue weighted by molar-refractivity contribution is -0.121. The van der Waals surface area contributed by atoms with Crippen LogP contribution in [0.3, 0.4) is 0 Å². The SMILES string of the molecule is Cc1ccc(C(=O)[C@@H]2[C@H](C(=O)c3cccs3)N3c4ccc(Cl)cc4C=C[C@H]3[C@@]23C(=O)Nc2ccccc23)cc1. The van der Waals surface area contributed by atoms with Crippen LogP contribution >= 0.6 is 22.9 Å². The van der Waals surface area contributed by atoms with Crippen molar-refractivity contribution in [1.82, 2.24) is 0 Å². The number of thiophene rings is 1. The van der Waals surface area contributed by atoms with Crippen LogP contribution in [-0.4, -0.2) is 29.6 Å². The number of nitrogens with one attached hydrogen (secondary N) is 1. The number of carbonyl (C=O) groups excluding carboxylic acids is 3. The zero-order valence-electron chi connectivity index (χ0n) is 20.9. The van der Waals surface area contributed by atoms with E-state index in [1.165, 1.54) is 11.3 Å². The van der Waals surface area contributed by atoms with Crippen LogP contribution in [0, 0.1) is 12.8 Å². The van der Waals surface area contributed by atoms with E-state index < -0.39 is 23.4 Å². The molecule has 0 radical (unpaired) electrons. The van der Waals surface area contributed by atoms with Crippen molar-refractivity contribution in [1.29, 1.82) is 0 Å². The van der Waals surface area contributed by atoms with Gasteiger partial charge in [-0.25, -0.2) is 0 Å². The first-order valence-electron chi connectivity index (χ1n) is 12.8. The molecule has 4 aromatic rings. The molecule has 3 aliphatic rings. The molecule has 4 atom stereocenters. The molecule has 1 saturated heterocycles. The average Bonchev–Trinajstić information content (AvgIpc) is 3.65. The molecule has 0 aliphatic carbocycles. The number of anilines is 2. The van der Waals surface area contributed by atoms with Gasteiger partial charge in [-0.05, 0) is 53.8 Å². The third kappa shape index (κ3) is 3.35. The number of hydrogen-bond acceptors (Lipinski definition) is 5. The summed E-state index contributed by atoms with van der Waals surface area (Å²) in [6.45, 7) is 1.96. The van der Waals surface area contributed by atoms with Crippen LogP contribution in [0.4, 0.5) is 11.4 Å². The highest BCUT2D eigenvalue weighted by Gasteiger charge is 2.70. The quantitative estimate of drug-likeness (QED) is 0.292. The van der Waals surface area contributed by atoms with Crippen molar-refractivity contribution in [2.75, 3.05) is 10.2 Å². The first-order chi connectivity index (χ1) is 18.9. The van der Waals surface area contributed by atoms with Gasteiger partial charge in [0, 0.05) is 22.0 Å². The van der Waals surface area contributed by atoms with E-state index in [1.54, 1.807) is 24.3 Å². The normalized spacial score (nSPS) is 24.3. The summed E-state index contributed by atoms with van der Waals surface area (Å²) in [4.78, 5) is 45.9. The molecule has 4 heterocycles. The molecule has 1 spiro atoms. The number of rotatable bonds is 4. The predicted octanol–water partition coefficient (Wildman–Crippen LogP) is 6.57. The van der Waals surface area contributed by atoms with E-state index in [4.69, 9.17) is 11.6 Å². The highest BCUT2D eigenvalue weighted by molar-refractivity contribution is 7.12. The second-order valence-electron chi connectivity index (χ2n) is 10.3. The van der Waals surface area contributed by atoms with E-state index in [9.17, 15) is 14.4 Å². The Morgan fingerprint density at radius 3 is 2.54 bits per heavy atom. The van der Waals surface area contributed by atoms with Crippen molar-refractivity contribution in [2.45, 2.75) is 24.4 Å². The number of ketones is 2. The summed E-state index contributed by atoms with van der Waals surface area (Å²) in [5, 5.41) is 5.48. The Morgan fingerprint density at radius 1 is 0.974 bits per heavy atom. The number of Topliss-reactive ketones (excluding diaryl/α,β-unsaturated/α-hetero) is 2. The third-order valence-corrected chi connectivity index (χ3v) is 9.37. The second-order valence-corrected chi connectivity index (χ2v) is 11.7. The van der Waals surface area contributed by atoms with E-state index in [1.807, 2.05) is 84.0 Å². The molecular formula is C32H23ClN2O3S. The lowest BCUT2D eigenvalue weighted by atomic mass is 9.64. The smallest absolute Gasteiger partial charge is 0.238 e. The minimum atomic E-state index is -1.32. The first-order valence-corrected chi connectivity index (χ1v) is 14.0. The van der Waals surface area contributed by atoms with Crippen molar-refractivity contribution in [3.63, 3.8) is 0 Å². The number of para-hydroxylation sites is 1. The molecule has 1 aromatic heterocycles. The summed E-state index contributed by atoms with van der Waals surface area (Å²) in [6.07, 6.45) is 3.90. The molecule has 192 valence electrons. The fourth-order valence-corrected chi connectivity index (χ4v) is 7.49. The van der Waals surface area contributed by atoms with E-state index in [0.717, 1.165) is 22.4 Å². The van der Waals surface area contributed by atoms with Crippen LogP contribution < -0.4 is 10.2 Å². The van der Waals surface area contributed by atoms with Crippen molar-refractivity contribution >= 4 is 57.9 Å². The summed E-state index contributed by atoms with van der Waals surface area (Å²) in [5.41, 5.74) is 3.21. The maximum atomic E-state index is 14.7. The van der Waals surface area contributed by atoms with Crippen LogP contribution in [0.1, 0.15) is 36.7 Å². The number of hydrogen-bond donors (Lipinski definition) is 1. The summed E-state index contributed by atoms with van der Waals surface area (Å²) in [5.74, 6) is -1.65. The van der Waals surface area contributed by atoms with Crippen LogP contribution in [-0.2, 0) is 10.2 Å². The number of fused-ring (bicyclic) bond motifs is 6. The minimum absolute atomic E-state index is 0.175. The van der Waals surface area contributed by atoms with Gasteiger partial charge in [0.1, 0.15) is 11.5 Å². The fourth-order valence-electron chi connectivity index (χ4n) is 6.61. The standard InChI is InChI=1S/C32H23ClN2O3S/c1-18-8-10-19(11-9-18)29(36)27-28(30(37)25-7-4-16-39-25)35-24-14-13-21(33)17-20(24)12-15-26(35)32(27)22-5-2-3-6-23(22)34-31(32)38/h2-17,26-28H,1H3,(H,34,38)/t26-,27-,28+,32+/m0/s1. The minimum Gasteiger partial charge on any atom is -0.352 e. The van der Waals surface area contributed by atoms with Crippen molar-refractivity contribution in [3.8, 4) is 0 Å². The largest absolute Gasteiger partial charge is 0.352 e. The molecule has 0 unspecified atom stereocenters. The Hall–Kier alpha value is -4.00. The summed E-state index contributed by atoms with van der Waals surface area (Å²) < 4.78 is 0. The van der Waals surface area contributed by atoms with Gasteiger partial charge in [0.25, 0.3) is 0 Å². The lowest BCUT2D eigenvalue weighted by Gasteiger charge is -2.37. The Morgan fingerprint density at radius 2 is 1.77 bits per heavy atom. The molecule has 1 fully saturated rings. The maximum Gasteiger partial charge on any atom is 0.238 e. The van der Waals surface area contributed by atoms with Gasteiger partial charge in [-0.1, -0.05) is 77.8 Å². The predicted molar refractivity (Wildman–Crippen MR) is 155 cm³/mol. The number of halogens is 1. The molecule has 3 aliphatic heterocycles. The number of amides is 1. The van der Waals surface area contributed by atoms with Gasteiger partial charge in [-0.2, -0.15) is 0 Å². The van der Waals surface area contributed by atoms with Crippen molar-refractivity contribution in [2.24, 2.45) is 5.92 Å². The molecule has 1 amide bonds. The van der Waals surface area contributed by atoms with Crippen LogP contribution in [0.5, 0.6) is 0 Å². The van der Waals surface area contributed by atoms with Gasteiger partial charge in [0.2, 0.25) is 5.91 Å². The molecule has 0 bridgehead atoms. The van der Waals surface area contributed by atoms with Gasteiger partial charge in [-0.15, -0.1) is 11.3 Å². The zero-order valence-corrected chi connectivity index (χ0v) is 22.5. The average molecular weight is 551 g/mol. The van der Waals surface area contributed by atoms with E-state index in [2.05, 4.69) is 5.32 Å². The van der Waals surface area contributed by atoms with Crippen LogP contribution in [0.15, 0.2) is 90.3 Å². The van der Waals surface area contributed by atoms with Crippen molar-refractivity contribution < 1.29 is 14.4 Å². The Bertz CT molecular complexity index is 1690. The first kappa shape index (κ1) is 24.1. The third-order valence-electron chi connectivity index (χ3n) is 8.25. The molecule has 7 heteroatoms. The molecule has 1 N–H and O–H groups in total. The molecule has 3 aromatic carbocycles. The molecular weight excluding hydrogens is 528 g/mol. The molecule has 0 saturated carbocycles. The van der Waals surface area contributed by atoms with E-state index >= 15 is 0 Å². The number of aryl methyl sites for hydroxylation is 1. The van der Waals surface area contributed by atoms with Gasteiger partial charge in [0.05, 0.1) is 16.8 Å². The summed E-state index contributed by atoms with van der Waals surface area (Å²) >= 11 is 7.69. The van der Waals surface area contributed by atoms with Gasteiger partial charge < -0.3 is 10.2 Å². The van der Waals surface area contributed by atoms with Gasteiger partial charge in [0.15, 0.2) is 11.6 Å². The number of carbonyl (C=O) groups is 3. The molecule has 39 heavy (non-hydrogen) atoms. The fraction of sp³-hybridized carbons (Fsp3) is 0.156. The maximum absolute atomic E-state index is 14.7. The molecule has 5 nitrogen and oxygen atoms in total. The number of benzene rings is 3.